The van der Waals surface area contributed by atoms with Crippen LogP contribution in [0.5, 0.6) is 0 Å². The zero-order valence-electron chi connectivity index (χ0n) is 7.68. The Morgan fingerprint density at radius 3 is 2.50 bits per heavy atom. The Hall–Kier alpha value is -1.05. The number of hydrogen-bond acceptors (Lipinski definition) is 4. The third-order valence-corrected chi connectivity index (χ3v) is 3.56. The van der Waals surface area contributed by atoms with E-state index in [1.165, 1.54) is 6.07 Å². The first-order valence-electron chi connectivity index (χ1n) is 3.86. The molecule has 0 bridgehead atoms. The number of rotatable bonds is 4. The monoisotopic (exact) mass is 284 g/mol. The molecular formula is C7H6Cl2N2O4S. The third-order valence-electron chi connectivity index (χ3n) is 1.56. The van der Waals surface area contributed by atoms with Gasteiger partial charge < -0.3 is 0 Å². The molecule has 0 aliphatic heterocycles. The van der Waals surface area contributed by atoms with Gasteiger partial charge in [-0.3, -0.25) is 14.8 Å². The summed E-state index contributed by atoms with van der Waals surface area (Å²) in [5, 5.41) is 9.67. The van der Waals surface area contributed by atoms with Crippen molar-refractivity contribution < 1.29 is 13.3 Å². The van der Waals surface area contributed by atoms with Crippen LogP contribution in [0.1, 0.15) is 0 Å². The smallest absolute Gasteiger partial charge is 0.282 e. The van der Waals surface area contributed by atoms with E-state index >= 15 is 0 Å². The molecule has 0 aliphatic carbocycles. The van der Waals surface area contributed by atoms with Crippen LogP contribution in [0.25, 0.3) is 0 Å². The Kier molecular flexibility index (Phi) is 3.95. The second kappa shape index (κ2) is 4.86. The summed E-state index contributed by atoms with van der Waals surface area (Å²) in [5.74, 6) is 0. The molecule has 9 heteroatoms. The second-order valence-electron chi connectivity index (χ2n) is 2.75. The number of nitro benzene ring substituents is 1. The van der Waals surface area contributed by atoms with Gasteiger partial charge in [0.05, 0.1) is 10.6 Å². The summed E-state index contributed by atoms with van der Waals surface area (Å²) < 4.78 is 24.3. The first-order valence-corrected chi connectivity index (χ1v) is 6.42. The van der Waals surface area contributed by atoms with Gasteiger partial charge in [0.1, 0.15) is 10.2 Å². The Bertz CT molecular complexity index is 517. The number of nitro groups is 1. The predicted molar refractivity (Wildman–Crippen MR) is 61.4 cm³/mol. The minimum absolute atomic E-state index is 0.122. The van der Waals surface area contributed by atoms with Gasteiger partial charge in [-0.25, -0.2) is 8.42 Å². The van der Waals surface area contributed by atoms with Crippen molar-refractivity contribution in [3.05, 3.63) is 33.3 Å². The number of nitrogens with one attached hydrogen (secondary N) is 1. The van der Waals surface area contributed by atoms with E-state index in [0.717, 1.165) is 12.1 Å². The molecule has 1 N–H and O–H groups in total. The number of halogens is 2. The van der Waals surface area contributed by atoms with Crippen molar-refractivity contribution in [2.45, 2.75) is 0 Å². The maximum atomic E-state index is 11.1. The summed E-state index contributed by atoms with van der Waals surface area (Å²) in [6, 6.07) is 3.48. The minimum Gasteiger partial charge on any atom is -0.282 e. The average Bonchev–Trinajstić information content (AvgIpc) is 2.16. The van der Waals surface area contributed by atoms with E-state index in [0.29, 0.717) is 0 Å². The molecule has 0 unspecified atom stereocenters. The third kappa shape index (κ3) is 3.22. The van der Waals surface area contributed by atoms with E-state index < -0.39 is 20.2 Å². The molecule has 1 aromatic carbocycles. The fraction of sp³-hybridized carbons (Fsp3) is 0.143. The van der Waals surface area contributed by atoms with Crippen LogP contribution in [0.2, 0.25) is 5.02 Å². The molecule has 0 saturated heterocycles. The lowest BCUT2D eigenvalue weighted by atomic mass is 10.3. The Balaban J connectivity index is 3.03. The SMILES string of the molecule is O=[N+]([O-])c1ccc(NS(=O)(=O)CCl)cc1Cl. The fourth-order valence-electron chi connectivity index (χ4n) is 0.925. The molecule has 0 amide bonds. The van der Waals surface area contributed by atoms with Crippen molar-refractivity contribution in [1.82, 2.24) is 0 Å². The molecule has 0 spiro atoms. The normalized spacial score (nSPS) is 11.1. The molecule has 16 heavy (non-hydrogen) atoms. The Morgan fingerprint density at radius 1 is 1.44 bits per heavy atom. The summed E-state index contributed by atoms with van der Waals surface area (Å²) in [6.07, 6.45) is 0. The van der Waals surface area contributed by atoms with Gasteiger partial charge in [-0.1, -0.05) is 11.6 Å². The molecule has 0 atom stereocenters. The van der Waals surface area contributed by atoms with Gasteiger partial charge in [-0.05, 0) is 12.1 Å². The summed E-state index contributed by atoms with van der Waals surface area (Å²) in [4.78, 5) is 9.77. The van der Waals surface area contributed by atoms with Gasteiger partial charge in [0, 0.05) is 6.07 Å². The van der Waals surface area contributed by atoms with Crippen LogP contribution in [0.4, 0.5) is 11.4 Å². The lowest BCUT2D eigenvalue weighted by Gasteiger charge is -2.05. The molecule has 1 rings (SSSR count). The van der Waals surface area contributed by atoms with E-state index in [2.05, 4.69) is 4.72 Å². The lowest BCUT2D eigenvalue weighted by molar-refractivity contribution is -0.384. The largest absolute Gasteiger partial charge is 0.288 e. The van der Waals surface area contributed by atoms with Crippen molar-refractivity contribution in [1.29, 1.82) is 0 Å². The molecule has 0 saturated carbocycles. The highest BCUT2D eigenvalue weighted by molar-refractivity contribution is 7.93. The molecule has 0 heterocycles. The van der Waals surface area contributed by atoms with Crippen molar-refractivity contribution in [3.63, 3.8) is 0 Å². The quantitative estimate of drug-likeness (QED) is 0.521. The molecular weight excluding hydrogens is 279 g/mol. The molecule has 0 aromatic heterocycles. The van der Waals surface area contributed by atoms with Crippen molar-refractivity contribution >= 4 is 44.6 Å². The fourth-order valence-corrected chi connectivity index (χ4v) is 1.88. The van der Waals surface area contributed by atoms with Crippen LogP contribution < -0.4 is 4.72 Å². The van der Waals surface area contributed by atoms with Gasteiger partial charge in [0.2, 0.25) is 10.0 Å². The zero-order valence-corrected chi connectivity index (χ0v) is 10.0. The topological polar surface area (TPSA) is 89.3 Å². The van der Waals surface area contributed by atoms with Crippen LogP contribution in [0, 0.1) is 10.1 Å². The lowest BCUT2D eigenvalue weighted by Crippen LogP contribution is -2.13. The predicted octanol–water partition coefficient (Wildman–Crippen LogP) is 2.19. The minimum atomic E-state index is -3.64. The number of alkyl halides is 1. The van der Waals surface area contributed by atoms with E-state index in [9.17, 15) is 18.5 Å². The van der Waals surface area contributed by atoms with E-state index in [-0.39, 0.29) is 16.4 Å². The van der Waals surface area contributed by atoms with E-state index in [1.54, 1.807) is 0 Å². The van der Waals surface area contributed by atoms with Gasteiger partial charge in [-0.2, -0.15) is 0 Å². The number of benzene rings is 1. The summed E-state index contributed by atoms with van der Waals surface area (Å²) in [7, 11) is -3.64. The first-order chi connectivity index (χ1) is 7.35. The summed E-state index contributed by atoms with van der Waals surface area (Å²) in [6.45, 7) is 0. The van der Waals surface area contributed by atoms with Crippen LogP contribution >= 0.6 is 23.2 Å². The maximum Gasteiger partial charge on any atom is 0.288 e. The molecule has 0 fully saturated rings. The van der Waals surface area contributed by atoms with Gasteiger partial charge >= 0.3 is 0 Å². The average molecular weight is 285 g/mol. The second-order valence-corrected chi connectivity index (χ2v) is 5.46. The Labute approximate surface area is 101 Å². The van der Waals surface area contributed by atoms with Crippen LogP contribution in [-0.2, 0) is 10.0 Å². The first kappa shape index (κ1) is 13.0. The van der Waals surface area contributed by atoms with Crippen molar-refractivity contribution in [2.75, 3.05) is 9.93 Å². The van der Waals surface area contributed by atoms with E-state index in [4.69, 9.17) is 23.2 Å². The highest BCUT2D eigenvalue weighted by Gasteiger charge is 2.14. The van der Waals surface area contributed by atoms with Gasteiger partial charge in [0.15, 0.2) is 0 Å². The number of nitrogens with zero attached hydrogens (tertiary/aromatic N) is 1. The van der Waals surface area contributed by atoms with Gasteiger partial charge in [0.25, 0.3) is 5.69 Å². The number of sulfonamides is 1. The molecule has 1 aromatic rings. The molecule has 0 radical (unpaired) electrons. The summed E-state index contributed by atoms with van der Waals surface area (Å²) in [5.41, 5.74) is -0.174. The van der Waals surface area contributed by atoms with Crippen LogP contribution in [0.15, 0.2) is 18.2 Å². The highest BCUT2D eigenvalue weighted by Crippen LogP contribution is 2.27. The Morgan fingerprint density at radius 2 is 2.06 bits per heavy atom. The molecule has 0 aliphatic rings. The molecule has 6 nitrogen and oxygen atoms in total. The highest BCUT2D eigenvalue weighted by atomic mass is 35.5. The standard InChI is InChI=1S/C7H6Cl2N2O4S/c8-4-16(14,15)10-5-1-2-7(11(12)13)6(9)3-5/h1-3,10H,4H2. The molecule has 88 valence electrons. The zero-order chi connectivity index (χ0) is 12.3. The number of hydrogen-bond donors (Lipinski definition) is 1. The van der Waals surface area contributed by atoms with E-state index in [1.807, 2.05) is 0 Å². The van der Waals surface area contributed by atoms with Crippen molar-refractivity contribution in [3.8, 4) is 0 Å². The van der Waals surface area contributed by atoms with Crippen molar-refractivity contribution in [2.24, 2.45) is 0 Å². The maximum absolute atomic E-state index is 11.1. The van der Waals surface area contributed by atoms with Crippen LogP contribution in [-0.4, -0.2) is 18.6 Å². The number of anilines is 1. The van der Waals surface area contributed by atoms with Crippen LogP contribution in [0.3, 0.4) is 0 Å². The summed E-state index contributed by atoms with van der Waals surface area (Å²) >= 11 is 10.8. The van der Waals surface area contributed by atoms with Gasteiger partial charge in [-0.15, -0.1) is 11.6 Å².